The van der Waals surface area contributed by atoms with Gasteiger partial charge in [-0.25, -0.2) is 0 Å². The second kappa shape index (κ2) is 3.14. The van der Waals surface area contributed by atoms with E-state index < -0.39 is 11.9 Å². The van der Waals surface area contributed by atoms with Crippen molar-refractivity contribution in [1.82, 2.24) is 4.98 Å². The summed E-state index contributed by atoms with van der Waals surface area (Å²) >= 11 is 9.18. The lowest BCUT2D eigenvalue weighted by Gasteiger charge is -2.05. The number of halogens is 4. The van der Waals surface area contributed by atoms with Crippen LogP contribution < -0.4 is 0 Å². The van der Waals surface area contributed by atoms with Crippen LogP contribution in [0.25, 0.3) is 0 Å². The van der Waals surface area contributed by atoms with Gasteiger partial charge in [0.25, 0.3) is 0 Å². The van der Waals surface area contributed by atoms with Gasteiger partial charge in [0.2, 0.25) is 0 Å². The number of thiol groups is 1. The Morgan fingerprint density at radius 3 is 2.42 bits per heavy atom. The fourth-order valence-corrected chi connectivity index (χ4v) is 0.853. The van der Waals surface area contributed by atoms with Crippen LogP contribution in [0.1, 0.15) is 5.69 Å². The van der Waals surface area contributed by atoms with Crippen LogP contribution in [0.3, 0.4) is 0 Å². The zero-order valence-corrected chi connectivity index (χ0v) is 7.21. The Hall–Kier alpha value is -0.420. The van der Waals surface area contributed by atoms with Crippen molar-refractivity contribution in [1.29, 1.82) is 0 Å². The maximum absolute atomic E-state index is 12.0. The van der Waals surface area contributed by atoms with Crippen LogP contribution in [-0.4, -0.2) is 4.98 Å². The summed E-state index contributed by atoms with van der Waals surface area (Å²) in [6.07, 6.45) is -3.49. The number of nitrogens with zero attached hydrogens (tertiary/aromatic N) is 1. The molecule has 0 bridgehead atoms. The first-order valence-electron chi connectivity index (χ1n) is 2.83. The van der Waals surface area contributed by atoms with Crippen LogP contribution in [-0.2, 0) is 6.18 Å². The largest absolute Gasteiger partial charge is 0.433 e. The Morgan fingerprint density at radius 1 is 1.42 bits per heavy atom. The van der Waals surface area contributed by atoms with Crippen LogP contribution in [0.2, 0.25) is 5.02 Å². The molecule has 1 nitrogen and oxygen atoms in total. The fourth-order valence-electron chi connectivity index (χ4n) is 0.579. The Labute approximate surface area is 77.0 Å². The van der Waals surface area contributed by atoms with E-state index in [4.69, 9.17) is 11.6 Å². The quantitative estimate of drug-likeness (QED) is 0.654. The molecule has 12 heavy (non-hydrogen) atoms. The molecule has 0 N–H and O–H groups in total. The normalized spacial score (nSPS) is 11.8. The molecule has 0 aromatic carbocycles. The summed E-state index contributed by atoms with van der Waals surface area (Å²) in [6.45, 7) is 0. The van der Waals surface area contributed by atoms with Crippen molar-refractivity contribution < 1.29 is 13.2 Å². The van der Waals surface area contributed by atoms with Crippen molar-refractivity contribution >= 4 is 24.2 Å². The summed E-state index contributed by atoms with van der Waals surface area (Å²) in [4.78, 5) is 3.35. The Morgan fingerprint density at radius 2 is 2.00 bits per heavy atom. The smallest absolute Gasteiger partial charge is 0.251 e. The minimum atomic E-state index is -4.45. The highest BCUT2D eigenvalue weighted by Crippen LogP contribution is 2.30. The lowest BCUT2D eigenvalue weighted by Crippen LogP contribution is -2.07. The van der Waals surface area contributed by atoms with E-state index in [-0.39, 0.29) is 9.92 Å². The van der Waals surface area contributed by atoms with Gasteiger partial charge in [-0.2, -0.15) is 13.2 Å². The molecule has 0 saturated carbocycles. The predicted octanol–water partition coefficient (Wildman–Crippen LogP) is 3.04. The third-order valence-corrected chi connectivity index (χ3v) is 1.93. The minimum Gasteiger partial charge on any atom is -0.251 e. The molecule has 0 radical (unpaired) electrons. The molecule has 0 saturated heterocycles. The highest BCUT2D eigenvalue weighted by atomic mass is 35.5. The molecule has 1 aromatic rings. The highest BCUT2D eigenvalue weighted by molar-refractivity contribution is 7.80. The maximum atomic E-state index is 12.0. The van der Waals surface area contributed by atoms with Gasteiger partial charge in [0.1, 0.15) is 5.69 Å². The molecule has 66 valence electrons. The molecule has 0 amide bonds. The van der Waals surface area contributed by atoms with E-state index in [1.807, 2.05) is 0 Å². The molecule has 0 spiro atoms. The van der Waals surface area contributed by atoms with Crippen molar-refractivity contribution in [2.24, 2.45) is 0 Å². The van der Waals surface area contributed by atoms with Gasteiger partial charge in [0, 0.05) is 11.1 Å². The first-order chi connectivity index (χ1) is 5.41. The molecule has 1 heterocycles. The third-order valence-electron chi connectivity index (χ3n) is 1.12. The summed E-state index contributed by atoms with van der Waals surface area (Å²) in [5.41, 5.74) is -1.01. The van der Waals surface area contributed by atoms with Crippen molar-refractivity contribution in [3.8, 4) is 0 Å². The zero-order valence-electron chi connectivity index (χ0n) is 5.56. The van der Waals surface area contributed by atoms with E-state index in [0.717, 1.165) is 12.3 Å². The number of rotatable bonds is 0. The molecule has 6 heteroatoms. The number of hydrogen-bond donors (Lipinski definition) is 1. The van der Waals surface area contributed by atoms with Crippen LogP contribution in [0, 0.1) is 0 Å². The molecule has 0 unspecified atom stereocenters. The second-order valence-corrected chi connectivity index (χ2v) is 2.91. The van der Waals surface area contributed by atoms with Crippen LogP contribution >= 0.6 is 24.2 Å². The van der Waals surface area contributed by atoms with Crippen molar-refractivity contribution in [3.63, 3.8) is 0 Å². The van der Waals surface area contributed by atoms with Gasteiger partial charge >= 0.3 is 6.18 Å². The Bertz CT molecular complexity index is 299. The minimum absolute atomic E-state index is 0.0549. The topological polar surface area (TPSA) is 12.9 Å². The molecular weight excluding hydrogens is 211 g/mol. The molecule has 0 aliphatic rings. The summed E-state index contributed by atoms with van der Waals surface area (Å²) in [7, 11) is 0. The third kappa shape index (κ3) is 2.04. The summed E-state index contributed by atoms with van der Waals surface area (Å²) < 4.78 is 35.9. The molecule has 1 aromatic heterocycles. The lowest BCUT2D eigenvalue weighted by molar-refractivity contribution is -0.141. The van der Waals surface area contributed by atoms with Gasteiger partial charge in [-0.1, -0.05) is 11.6 Å². The summed E-state index contributed by atoms with van der Waals surface area (Å²) in [5, 5.41) is -0.0549. The summed E-state index contributed by atoms with van der Waals surface area (Å²) in [6, 6.07) is 0.740. The standard InChI is InChI=1S/C6H3ClF3NS/c7-3-1-5(6(8,9)10)11-2-4(3)12/h1-2,12H. The van der Waals surface area contributed by atoms with E-state index >= 15 is 0 Å². The van der Waals surface area contributed by atoms with Crippen molar-refractivity contribution in [3.05, 3.63) is 23.0 Å². The zero-order chi connectivity index (χ0) is 9.35. The van der Waals surface area contributed by atoms with Gasteiger partial charge in [0.05, 0.1) is 5.02 Å². The first kappa shape index (κ1) is 9.67. The number of alkyl halides is 3. The van der Waals surface area contributed by atoms with E-state index in [2.05, 4.69) is 17.6 Å². The molecule has 0 aliphatic carbocycles. The van der Waals surface area contributed by atoms with Crippen LogP contribution in [0.4, 0.5) is 13.2 Å². The van der Waals surface area contributed by atoms with Gasteiger partial charge < -0.3 is 0 Å². The van der Waals surface area contributed by atoms with Crippen LogP contribution in [0.15, 0.2) is 17.2 Å². The van der Waals surface area contributed by atoms with Gasteiger partial charge in [-0.15, -0.1) is 12.6 Å². The van der Waals surface area contributed by atoms with E-state index in [1.165, 1.54) is 0 Å². The monoisotopic (exact) mass is 213 g/mol. The van der Waals surface area contributed by atoms with E-state index in [1.54, 1.807) is 0 Å². The average Bonchev–Trinajstić information content (AvgIpc) is 1.92. The SMILES string of the molecule is FC(F)(F)c1cc(Cl)c(S)cn1. The Balaban J connectivity index is 3.14. The van der Waals surface area contributed by atoms with Crippen molar-refractivity contribution in [2.45, 2.75) is 11.1 Å². The Kier molecular flexibility index (Phi) is 2.53. The maximum Gasteiger partial charge on any atom is 0.433 e. The van der Waals surface area contributed by atoms with Gasteiger partial charge in [-0.05, 0) is 6.07 Å². The fraction of sp³-hybridized carbons (Fsp3) is 0.167. The average molecular weight is 214 g/mol. The molecule has 0 fully saturated rings. The molecule has 0 atom stereocenters. The number of pyridine rings is 1. The van der Waals surface area contributed by atoms with Crippen molar-refractivity contribution in [2.75, 3.05) is 0 Å². The second-order valence-electron chi connectivity index (χ2n) is 2.02. The highest BCUT2D eigenvalue weighted by Gasteiger charge is 2.32. The molecule has 1 rings (SSSR count). The number of hydrogen-bond acceptors (Lipinski definition) is 2. The van der Waals surface area contributed by atoms with Gasteiger partial charge in [-0.3, -0.25) is 4.98 Å². The molecular formula is C6H3ClF3NS. The summed E-state index contributed by atoms with van der Waals surface area (Å²) in [5.74, 6) is 0. The first-order valence-corrected chi connectivity index (χ1v) is 3.65. The van der Waals surface area contributed by atoms with Crippen LogP contribution in [0.5, 0.6) is 0 Å². The molecule has 0 aliphatic heterocycles. The van der Waals surface area contributed by atoms with E-state index in [0.29, 0.717) is 0 Å². The predicted molar refractivity (Wildman–Crippen MR) is 41.5 cm³/mol. The lowest BCUT2D eigenvalue weighted by atomic mass is 10.3. The van der Waals surface area contributed by atoms with Gasteiger partial charge in [0.15, 0.2) is 0 Å². The number of aromatic nitrogens is 1. The van der Waals surface area contributed by atoms with E-state index in [9.17, 15) is 13.2 Å².